The summed E-state index contributed by atoms with van der Waals surface area (Å²) < 4.78 is 35.2. The summed E-state index contributed by atoms with van der Waals surface area (Å²) in [5.74, 6) is 0.234. The average molecular weight is 351 g/mol. The van der Waals surface area contributed by atoms with Gasteiger partial charge in [0.15, 0.2) is 9.84 Å². The molecule has 2 aromatic rings. The molecule has 0 aliphatic rings. The van der Waals surface area contributed by atoms with E-state index in [0.717, 1.165) is 0 Å². The van der Waals surface area contributed by atoms with Crippen molar-refractivity contribution in [2.24, 2.45) is 0 Å². The molecule has 0 bridgehead atoms. The Hall–Kier alpha value is -2.61. The second-order valence-corrected chi connectivity index (χ2v) is 7.16. The van der Waals surface area contributed by atoms with Gasteiger partial charge < -0.3 is 9.47 Å². The molecule has 0 N–H and O–H groups in total. The van der Waals surface area contributed by atoms with Crippen LogP contribution >= 0.6 is 0 Å². The third-order valence-electron chi connectivity index (χ3n) is 3.43. The van der Waals surface area contributed by atoms with Gasteiger partial charge in [-0.2, -0.15) is 0 Å². The number of hydrogen-bond donors (Lipinski definition) is 0. The number of sulfone groups is 1. The Balaban J connectivity index is 2.28. The third-order valence-corrected chi connectivity index (χ3v) is 4.94. The standard InChI is InChI=1S/C16H17NO6S/c1-22-14-8-7-13(16(9-14)23-2)11-24(20,21)10-12-5-3-4-6-15(12)17(18)19/h3-9H,10-11H2,1-2H3. The molecule has 0 saturated heterocycles. The first-order valence-corrected chi connectivity index (χ1v) is 8.82. The molecule has 0 aliphatic carbocycles. The fraction of sp³-hybridized carbons (Fsp3) is 0.250. The number of hydrogen-bond acceptors (Lipinski definition) is 6. The summed E-state index contributed by atoms with van der Waals surface area (Å²) in [4.78, 5) is 10.4. The molecule has 0 heterocycles. The van der Waals surface area contributed by atoms with Crippen LogP contribution in [0.5, 0.6) is 11.5 Å². The van der Waals surface area contributed by atoms with E-state index in [4.69, 9.17) is 9.47 Å². The van der Waals surface area contributed by atoms with E-state index < -0.39 is 20.5 Å². The minimum atomic E-state index is -3.62. The zero-order chi connectivity index (χ0) is 17.7. The van der Waals surface area contributed by atoms with Crippen molar-refractivity contribution in [3.05, 3.63) is 63.7 Å². The summed E-state index contributed by atoms with van der Waals surface area (Å²) in [5, 5.41) is 11.0. The summed E-state index contributed by atoms with van der Waals surface area (Å²) in [6.07, 6.45) is 0. The van der Waals surface area contributed by atoms with Gasteiger partial charge in [0.25, 0.3) is 5.69 Å². The Morgan fingerprint density at radius 1 is 1.00 bits per heavy atom. The highest BCUT2D eigenvalue weighted by Gasteiger charge is 2.21. The first kappa shape index (κ1) is 17.7. The summed E-state index contributed by atoms with van der Waals surface area (Å²) >= 11 is 0. The van der Waals surface area contributed by atoms with Gasteiger partial charge in [0.2, 0.25) is 0 Å². The first-order valence-electron chi connectivity index (χ1n) is 7.00. The van der Waals surface area contributed by atoms with E-state index >= 15 is 0 Å². The number of nitrogens with zero attached hydrogens (tertiary/aromatic N) is 1. The molecular formula is C16H17NO6S. The number of ether oxygens (including phenoxy) is 2. The minimum Gasteiger partial charge on any atom is -0.497 e. The lowest BCUT2D eigenvalue weighted by Crippen LogP contribution is -2.10. The van der Waals surface area contributed by atoms with Crippen molar-refractivity contribution >= 4 is 15.5 Å². The van der Waals surface area contributed by atoms with Gasteiger partial charge >= 0.3 is 0 Å². The zero-order valence-corrected chi connectivity index (χ0v) is 14.1. The van der Waals surface area contributed by atoms with Crippen LogP contribution < -0.4 is 9.47 Å². The van der Waals surface area contributed by atoms with E-state index in [1.807, 2.05) is 0 Å². The number of rotatable bonds is 7. The Bertz CT molecular complexity index is 847. The molecular weight excluding hydrogens is 334 g/mol. The van der Waals surface area contributed by atoms with Crippen molar-refractivity contribution in [3.8, 4) is 11.5 Å². The molecule has 0 unspecified atom stereocenters. The monoisotopic (exact) mass is 351 g/mol. The lowest BCUT2D eigenvalue weighted by atomic mass is 10.2. The largest absolute Gasteiger partial charge is 0.497 e. The molecule has 0 saturated carbocycles. The van der Waals surface area contributed by atoms with Crippen molar-refractivity contribution in [2.75, 3.05) is 14.2 Å². The molecule has 0 aliphatic heterocycles. The second kappa shape index (κ2) is 7.31. The van der Waals surface area contributed by atoms with Crippen LogP contribution in [0.15, 0.2) is 42.5 Å². The maximum absolute atomic E-state index is 12.5. The topological polar surface area (TPSA) is 95.7 Å². The average Bonchev–Trinajstić information content (AvgIpc) is 2.54. The molecule has 0 aromatic heterocycles. The van der Waals surface area contributed by atoms with Gasteiger partial charge in [0.1, 0.15) is 11.5 Å². The quantitative estimate of drug-likeness (QED) is 0.562. The summed E-state index contributed by atoms with van der Waals surface area (Å²) in [6.45, 7) is 0. The smallest absolute Gasteiger partial charge is 0.273 e. The number of nitro benzene ring substituents is 1. The van der Waals surface area contributed by atoms with Crippen molar-refractivity contribution < 1.29 is 22.8 Å². The van der Waals surface area contributed by atoms with Crippen LogP contribution in [0.2, 0.25) is 0 Å². The lowest BCUT2D eigenvalue weighted by molar-refractivity contribution is -0.385. The van der Waals surface area contributed by atoms with E-state index in [-0.39, 0.29) is 17.0 Å². The molecule has 128 valence electrons. The maximum Gasteiger partial charge on any atom is 0.273 e. The predicted molar refractivity (Wildman–Crippen MR) is 89.0 cm³/mol. The van der Waals surface area contributed by atoms with Crippen molar-refractivity contribution in [1.29, 1.82) is 0 Å². The second-order valence-electron chi connectivity index (χ2n) is 5.10. The van der Waals surface area contributed by atoms with Crippen LogP contribution in [-0.4, -0.2) is 27.6 Å². The summed E-state index contributed by atoms with van der Waals surface area (Å²) in [5.41, 5.74) is 0.426. The zero-order valence-electron chi connectivity index (χ0n) is 13.3. The maximum atomic E-state index is 12.5. The molecule has 2 rings (SSSR count). The normalized spacial score (nSPS) is 11.1. The van der Waals surface area contributed by atoms with E-state index in [1.165, 1.54) is 32.4 Å². The Labute approximate surface area is 139 Å². The van der Waals surface area contributed by atoms with E-state index in [1.54, 1.807) is 24.3 Å². The summed E-state index contributed by atoms with van der Waals surface area (Å²) in [6, 6.07) is 10.6. The highest BCUT2D eigenvalue weighted by molar-refractivity contribution is 7.89. The van der Waals surface area contributed by atoms with Crippen LogP contribution in [0.1, 0.15) is 11.1 Å². The van der Waals surface area contributed by atoms with Gasteiger partial charge in [-0.15, -0.1) is 0 Å². The number of benzene rings is 2. The first-order chi connectivity index (χ1) is 11.4. The molecule has 0 fully saturated rings. The Morgan fingerprint density at radius 2 is 1.67 bits per heavy atom. The fourth-order valence-electron chi connectivity index (χ4n) is 2.31. The SMILES string of the molecule is COc1ccc(CS(=O)(=O)Cc2ccccc2[N+](=O)[O-])c(OC)c1. The predicted octanol–water partition coefficient (Wildman–Crippen LogP) is 2.73. The van der Waals surface area contributed by atoms with Crippen molar-refractivity contribution in [3.63, 3.8) is 0 Å². The fourth-order valence-corrected chi connectivity index (χ4v) is 3.84. The molecule has 2 aromatic carbocycles. The van der Waals surface area contributed by atoms with Crippen LogP contribution in [0.4, 0.5) is 5.69 Å². The summed E-state index contributed by atoms with van der Waals surface area (Å²) in [7, 11) is -0.684. The van der Waals surface area contributed by atoms with Crippen molar-refractivity contribution in [1.82, 2.24) is 0 Å². The van der Waals surface area contributed by atoms with Gasteiger partial charge in [0.05, 0.1) is 30.6 Å². The Morgan fingerprint density at radius 3 is 2.29 bits per heavy atom. The molecule has 24 heavy (non-hydrogen) atoms. The van der Waals surface area contributed by atoms with Gasteiger partial charge in [-0.25, -0.2) is 8.42 Å². The molecule has 0 atom stereocenters. The molecule has 0 amide bonds. The number of para-hydroxylation sites is 1. The molecule has 7 nitrogen and oxygen atoms in total. The van der Waals surface area contributed by atoms with Gasteiger partial charge in [-0.05, 0) is 6.07 Å². The highest BCUT2D eigenvalue weighted by Crippen LogP contribution is 2.28. The van der Waals surface area contributed by atoms with Crippen molar-refractivity contribution in [2.45, 2.75) is 11.5 Å². The number of nitro groups is 1. The van der Waals surface area contributed by atoms with Gasteiger partial charge in [0, 0.05) is 23.3 Å². The molecule has 8 heteroatoms. The minimum absolute atomic E-state index is 0.162. The third kappa shape index (κ3) is 4.23. The van der Waals surface area contributed by atoms with Crippen LogP contribution in [0.3, 0.4) is 0 Å². The van der Waals surface area contributed by atoms with Gasteiger partial charge in [-0.3, -0.25) is 10.1 Å². The van der Waals surface area contributed by atoms with E-state index in [0.29, 0.717) is 17.1 Å². The van der Waals surface area contributed by atoms with E-state index in [9.17, 15) is 18.5 Å². The molecule has 0 spiro atoms. The molecule has 0 radical (unpaired) electrons. The van der Waals surface area contributed by atoms with Crippen LogP contribution in [0, 0.1) is 10.1 Å². The van der Waals surface area contributed by atoms with Crippen LogP contribution in [0.25, 0.3) is 0 Å². The van der Waals surface area contributed by atoms with Crippen LogP contribution in [-0.2, 0) is 21.3 Å². The van der Waals surface area contributed by atoms with E-state index in [2.05, 4.69) is 0 Å². The van der Waals surface area contributed by atoms with Gasteiger partial charge in [-0.1, -0.05) is 24.3 Å². The number of methoxy groups -OCH3 is 2. The lowest BCUT2D eigenvalue weighted by Gasteiger charge is -2.11. The highest BCUT2D eigenvalue weighted by atomic mass is 32.2. The Kier molecular flexibility index (Phi) is 5.40.